The molecular weight excluding hydrogens is 320 g/mol. The number of thioether (sulfide) groups is 1. The Bertz CT molecular complexity index is 590. The summed E-state index contributed by atoms with van der Waals surface area (Å²) in [5.74, 6) is 0. The lowest BCUT2D eigenvalue weighted by molar-refractivity contribution is 0.994. The number of rotatable bonds is 4. The highest BCUT2D eigenvalue weighted by Crippen LogP contribution is 2.23. The molecule has 0 amide bonds. The second-order valence-electron chi connectivity index (χ2n) is 3.99. The molecule has 1 atom stereocenters. The van der Waals surface area contributed by atoms with E-state index >= 15 is 0 Å². The lowest BCUT2D eigenvalue weighted by Crippen LogP contribution is -2.08. The molecule has 0 saturated heterocycles. The first-order valence-electron chi connectivity index (χ1n) is 5.78. The molecule has 96 valence electrons. The van der Waals surface area contributed by atoms with E-state index in [1.54, 1.807) is 11.8 Å². The van der Waals surface area contributed by atoms with Gasteiger partial charge in [0.2, 0.25) is 0 Å². The van der Waals surface area contributed by atoms with E-state index in [2.05, 4.69) is 27.3 Å². The lowest BCUT2D eigenvalue weighted by atomic mass is 10.1. The molecule has 2 aromatic carbocycles. The van der Waals surface area contributed by atoms with Crippen LogP contribution in [0.2, 0.25) is 0 Å². The highest BCUT2D eigenvalue weighted by Gasteiger charge is 2.10. The van der Waals surface area contributed by atoms with E-state index in [9.17, 15) is 5.26 Å². The molecule has 0 saturated carbocycles. The van der Waals surface area contributed by atoms with Crippen molar-refractivity contribution in [2.24, 2.45) is 0 Å². The molecular formula is C15H13BrN2S. The molecule has 19 heavy (non-hydrogen) atoms. The van der Waals surface area contributed by atoms with Crippen LogP contribution in [0.25, 0.3) is 0 Å². The summed E-state index contributed by atoms with van der Waals surface area (Å²) in [4.78, 5) is 1.20. The highest BCUT2D eigenvalue weighted by molar-refractivity contribution is 9.10. The van der Waals surface area contributed by atoms with Gasteiger partial charge < -0.3 is 5.32 Å². The topological polar surface area (TPSA) is 35.8 Å². The van der Waals surface area contributed by atoms with Crippen LogP contribution in [0.5, 0.6) is 0 Å². The Hall–Kier alpha value is -1.44. The van der Waals surface area contributed by atoms with Crippen LogP contribution < -0.4 is 5.32 Å². The molecule has 0 aliphatic carbocycles. The van der Waals surface area contributed by atoms with E-state index in [0.717, 1.165) is 15.7 Å². The Morgan fingerprint density at radius 3 is 2.53 bits per heavy atom. The van der Waals surface area contributed by atoms with E-state index in [4.69, 9.17) is 0 Å². The second kappa shape index (κ2) is 6.65. The number of nitriles is 1. The zero-order chi connectivity index (χ0) is 13.7. The van der Waals surface area contributed by atoms with Crippen molar-refractivity contribution in [1.29, 1.82) is 5.26 Å². The van der Waals surface area contributed by atoms with Crippen LogP contribution in [-0.2, 0) is 0 Å². The summed E-state index contributed by atoms with van der Waals surface area (Å²) in [7, 11) is 0. The SMILES string of the molecule is CSc1ccc(C(C#N)Nc2cccc(Br)c2)cc1. The van der Waals surface area contributed by atoms with E-state index < -0.39 is 0 Å². The van der Waals surface area contributed by atoms with Crippen molar-refractivity contribution >= 4 is 33.4 Å². The van der Waals surface area contributed by atoms with Crippen LogP contribution in [0.15, 0.2) is 57.9 Å². The monoisotopic (exact) mass is 332 g/mol. The number of benzene rings is 2. The third-order valence-electron chi connectivity index (χ3n) is 2.71. The number of halogens is 1. The van der Waals surface area contributed by atoms with Crippen LogP contribution in [0, 0.1) is 11.3 Å². The molecule has 1 N–H and O–H groups in total. The second-order valence-corrected chi connectivity index (χ2v) is 5.79. The van der Waals surface area contributed by atoms with Crippen LogP contribution in [0.4, 0.5) is 5.69 Å². The molecule has 0 radical (unpaired) electrons. The van der Waals surface area contributed by atoms with Crippen molar-refractivity contribution in [3.8, 4) is 6.07 Å². The minimum Gasteiger partial charge on any atom is -0.366 e. The van der Waals surface area contributed by atoms with Crippen LogP contribution in [0.1, 0.15) is 11.6 Å². The zero-order valence-electron chi connectivity index (χ0n) is 10.4. The Balaban J connectivity index is 2.18. The predicted octanol–water partition coefficient (Wildman–Crippen LogP) is 4.85. The smallest absolute Gasteiger partial charge is 0.140 e. The number of hydrogen-bond acceptors (Lipinski definition) is 3. The van der Waals surface area contributed by atoms with Gasteiger partial charge in [-0.25, -0.2) is 0 Å². The number of hydrogen-bond donors (Lipinski definition) is 1. The van der Waals surface area contributed by atoms with Crippen molar-refractivity contribution in [3.05, 3.63) is 58.6 Å². The van der Waals surface area contributed by atoms with Gasteiger partial charge in [0.25, 0.3) is 0 Å². The van der Waals surface area contributed by atoms with E-state index in [1.165, 1.54) is 4.90 Å². The summed E-state index contributed by atoms with van der Waals surface area (Å²) in [5.41, 5.74) is 1.90. The fourth-order valence-corrected chi connectivity index (χ4v) is 2.54. The quantitative estimate of drug-likeness (QED) is 0.813. The Labute approximate surface area is 126 Å². The van der Waals surface area contributed by atoms with Crippen LogP contribution in [0.3, 0.4) is 0 Å². The fraction of sp³-hybridized carbons (Fsp3) is 0.133. The molecule has 2 rings (SSSR count). The minimum absolute atomic E-state index is 0.342. The summed E-state index contributed by atoms with van der Waals surface area (Å²) in [5, 5.41) is 12.5. The zero-order valence-corrected chi connectivity index (χ0v) is 12.8. The van der Waals surface area contributed by atoms with Crippen LogP contribution >= 0.6 is 27.7 Å². The molecule has 2 nitrogen and oxygen atoms in total. The summed E-state index contributed by atoms with van der Waals surface area (Å²) >= 11 is 5.12. The maximum Gasteiger partial charge on any atom is 0.140 e. The molecule has 0 aromatic heterocycles. The fourth-order valence-electron chi connectivity index (χ4n) is 1.73. The van der Waals surface area contributed by atoms with Gasteiger partial charge in [-0.1, -0.05) is 34.1 Å². The highest BCUT2D eigenvalue weighted by atomic mass is 79.9. The average Bonchev–Trinajstić information content (AvgIpc) is 2.45. The molecule has 0 spiro atoms. The normalized spacial score (nSPS) is 11.6. The van der Waals surface area contributed by atoms with Gasteiger partial charge in [-0.15, -0.1) is 11.8 Å². The van der Waals surface area contributed by atoms with E-state index in [1.807, 2.05) is 54.8 Å². The summed E-state index contributed by atoms with van der Waals surface area (Å²) in [6.07, 6.45) is 2.04. The third kappa shape index (κ3) is 3.76. The molecule has 0 aliphatic rings. The van der Waals surface area contributed by atoms with Crippen molar-refractivity contribution in [2.45, 2.75) is 10.9 Å². The van der Waals surface area contributed by atoms with E-state index in [-0.39, 0.29) is 6.04 Å². The lowest BCUT2D eigenvalue weighted by Gasteiger charge is -2.14. The van der Waals surface area contributed by atoms with E-state index in [0.29, 0.717) is 0 Å². The Kier molecular flexibility index (Phi) is 4.89. The molecule has 4 heteroatoms. The summed E-state index contributed by atoms with van der Waals surface area (Å²) in [6.45, 7) is 0. The molecule has 1 unspecified atom stereocenters. The van der Waals surface area contributed by atoms with Crippen LogP contribution in [-0.4, -0.2) is 6.26 Å². The summed E-state index contributed by atoms with van der Waals surface area (Å²) in [6, 6.07) is 17.8. The van der Waals surface area contributed by atoms with Gasteiger partial charge in [0, 0.05) is 15.1 Å². The number of nitrogens with zero attached hydrogens (tertiary/aromatic N) is 1. The van der Waals surface area contributed by atoms with Crippen molar-refractivity contribution < 1.29 is 0 Å². The Morgan fingerprint density at radius 1 is 1.21 bits per heavy atom. The van der Waals surface area contributed by atoms with Gasteiger partial charge in [-0.2, -0.15) is 5.26 Å². The first-order chi connectivity index (χ1) is 9.22. The number of nitrogens with one attached hydrogen (secondary N) is 1. The number of anilines is 1. The van der Waals surface area contributed by atoms with Crippen molar-refractivity contribution in [2.75, 3.05) is 11.6 Å². The van der Waals surface area contributed by atoms with Gasteiger partial charge in [-0.3, -0.25) is 0 Å². The molecule has 0 bridgehead atoms. The first kappa shape index (κ1) is 14.0. The maximum atomic E-state index is 9.31. The van der Waals surface area contributed by atoms with Crippen molar-refractivity contribution in [3.63, 3.8) is 0 Å². The largest absolute Gasteiger partial charge is 0.366 e. The predicted molar refractivity (Wildman–Crippen MR) is 84.3 cm³/mol. The summed E-state index contributed by atoms with van der Waals surface area (Å²) < 4.78 is 0.993. The third-order valence-corrected chi connectivity index (χ3v) is 3.95. The molecule has 2 aromatic rings. The molecule has 0 aliphatic heterocycles. The average molecular weight is 333 g/mol. The minimum atomic E-state index is -0.342. The van der Waals surface area contributed by atoms with Gasteiger partial charge in [-0.05, 0) is 42.2 Å². The Morgan fingerprint density at radius 2 is 1.95 bits per heavy atom. The molecule has 0 fully saturated rings. The maximum absolute atomic E-state index is 9.31. The standard InChI is InChI=1S/C15H13BrN2S/c1-19-14-7-5-11(6-8-14)15(10-17)18-13-4-2-3-12(16)9-13/h2-9,15,18H,1H3. The van der Waals surface area contributed by atoms with Gasteiger partial charge in [0.15, 0.2) is 0 Å². The van der Waals surface area contributed by atoms with Gasteiger partial charge in [0.05, 0.1) is 6.07 Å². The van der Waals surface area contributed by atoms with Crippen molar-refractivity contribution in [1.82, 2.24) is 0 Å². The molecule has 0 heterocycles. The first-order valence-corrected chi connectivity index (χ1v) is 7.80. The van der Waals surface area contributed by atoms with Gasteiger partial charge >= 0.3 is 0 Å². The van der Waals surface area contributed by atoms with Gasteiger partial charge in [0.1, 0.15) is 6.04 Å².